The Bertz CT molecular complexity index is 1040. The number of benzene rings is 2. The maximum Gasteiger partial charge on any atom is 0.331 e. The molecular weight excluding hydrogens is 441 g/mol. The number of halogens is 2. The van der Waals surface area contributed by atoms with E-state index in [0.29, 0.717) is 15.6 Å². The summed E-state index contributed by atoms with van der Waals surface area (Å²) >= 11 is 11.8. The van der Waals surface area contributed by atoms with Gasteiger partial charge in [-0.3, -0.25) is 29.6 Å². The molecule has 2 unspecified atom stereocenters. The molecule has 3 amide bonds. The lowest BCUT2D eigenvalue weighted by atomic mass is 9.78. The van der Waals surface area contributed by atoms with Gasteiger partial charge in [-0.05, 0) is 48.5 Å². The first kappa shape index (κ1) is 22.7. The largest absolute Gasteiger partial charge is 0.331 e. The first-order valence-corrected chi connectivity index (χ1v) is 10.1. The molecule has 1 saturated heterocycles. The van der Waals surface area contributed by atoms with Crippen LogP contribution >= 0.6 is 23.2 Å². The van der Waals surface area contributed by atoms with Gasteiger partial charge in [-0.1, -0.05) is 23.2 Å². The van der Waals surface area contributed by atoms with E-state index < -0.39 is 29.6 Å². The van der Waals surface area contributed by atoms with E-state index in [2.05, 4.69) is 0 Å². The highest BCUT2D eigenvalue weighted by molar-refractivity contribution is 6.31. The lowest BCUT2D eigenvalue weighted by Crippen LogP contribution is -2.59. The number of amides is 3. The number of hydrogen-bond donors (Lipinski definition) is 1. The third-order valence-electron chi connectivity index (χ3n) is 5.27. The van der Waals surface area contributed by atoms with Crippen molar-refractivity contribution in [2.45, 2.75) is 6.42 Å². The molecule has 2 atom stereocenters. The lowest BCUT2D eigenvalue weighted by molar-refractivity contribution is -0.131. The number of carbonyl (C=O) groups excluding carboxylic acids is 4. The van der Waals surface area contributed by atoms with Crippen molar-refractivity contribution in [2.24, 2.45) is 11.8 Å². The highest BCUT2D eigenvalue weighted by Crippen LogP contribution is 2.30. The van der Waals surface area contributed by atoms with Crippen LogP contribution in [-0.4, -0.2) is 53.2 Å². The Morgan fingerprint density at radius 2 is 1.39 bits per heavy atom. The van der Waals surface area contributed by atoms with Crippen molar-refractivity contribution in [3.63, 3.8) is 0 Å². The maximum absolute atomic E-state index is 13.4. The standard InChI is InChI=1S/C22H19Cl2N3O4/c1-26-20(25)18(21(30)27(2)22(26)31)16(19(29)13-5-9-15(24)10-6-13)11-17(28)12-3-7-14(23)8-4-12/h3-10,16,18,25H,11H2,1-2H3. The molecule has 0 spiro atoms. The summed E-state index contributed by atoms with van der Waals surface area (Å²) < 4.78 is 0. The van der Waals surface area contributed by atoms with Crippen molar-refractivity contribution >= 4 is 52.5 Å². The third kappa shape index (κ3) is 4.52. The van der Waals surface area contributed by atoms with Crippen molar-refractivity contribution in [1.82, 2.24) is 9.80 Å². The first-order valence-electron chi connectivity index (χ1n) is 9.34. The predicted molar refractivity (Wildman–Crippen MR) is 117 cm³/mol. The Morgan fingerprint density at radius 1 is 0.903 bits per heavy atom. The molecule has 0 saturated carbocycles. The van der Waals surface area contributed by atoms with Crippen LogP contribution in [0.5, 0.6) is 0 Å². The second-order valence-corrected chi connectivity index (χ2v) is 8.09. The minimum Gasteiger partial charge on any atom is -0.294 e. The van der Waals surface area contributed by atoms with E-state index in [4.69, 9.17) is 28.6 Å². The summed E-state index contributed by atoms with van der Waals surface area (Å²) in [4.78, 5) is 53.3. The Kier molecular flexibility index (Phi) is 6.57. The highest BCUT2D eigenvalue weighted by atomic mass is 35.5. The topological polar surface area (TPSA) is 98.6 Å². The Morgan fingerprint density at radius 3 is 1.90 bits per heavy atom. The van der Waals surface area contributed by atoms with Crippen molar-refractivity contribution < 1.29 is 19.2 Å². The molecule has 1 N–H and O–H groups in total. The molecule has 9 heteroatoms. The number of imide groups is 1. The van der Waals surface area contributed by atoms with Crippen LogP contribution in [0.1, 0.15) is 27.1 Å². The molecule has 3 rings (SSSR count). The first-order chi connectivity index (χ1) is 14.6. The number of amidine groups is 1. The fourth-order valence-corrected chi connectivity index (χ4v) is 3.71. The van der Waals surface area contributed by atoms with Gasteiger partial charge in [0.2, 0.25) is 5.91 Å². The van der Waals surface area contributed by atoms with E-state index in [1.807, 2.05) is 0 Å². The minimum atomic E-state index is -1.29. The molecule has 7 nitrogen and oxygen atoms in total. The summed E-state index contributed by atoms with van der Waals surface area (Å²) in [6.45, 7) is 0. The molecule has 2 aromatic carbocycles. The predicted octanol–water partition coefficient (Wildman–Crippen LogP) is 4.18. The van der Waals surface area contributed by atoms with E-state index >= 15 is 0 Å². The van der Waals surface area contributed by atoms with Gasteiger partial charge in [-0.15, -0.1) is 0 Å². The van der Waals surface area contributed by atoms with Gasteiger partial charge in [-0.25, -0.2) is 4.79 Å². The van der Waals surface area contributed by atoms with Gasteiger partial charge in [-0.2, -0.15) is 0 Å². The number of carbonyl (C=O) groups is 4. The van der Waals surface area contributed by atoms with Crippen LogP contribution in [-0.2, 0) is 4.79 Å². The number of nitrogens with zero attached hydrogens (tertiary/aromatic N) is 2. The third-order valence-corrected chi connectivity index (χ3v) is 5.77. The van der Waals surface area contributed by atoms with Gasteiger partial charge in [0, 0.05) is 47.6 Å². The van der Waals surface area contributed by atoms with Crippen LogP contribution in [0.25, 0.3) is 0 Å². The number of hydrogen-bond acceptors (Lipinski definition) is 5. The second-order valence-electron chi connectivity index (χ2n) is 7.21. The lowest BCUT2D eigenvalue weighted by Gasteiger charge is -2.37. The summed E-state index contributed by atoms with van der Waals surface area (Å²) in [5.41, 5.74) is 0.576. The fraction of sp³-hybridized carbons (Fsp3) is 0.227. The monoisotopic (exact) mass is 459 g/mol. The smallest absolute Gasteiger partial charge is 0.294 e. The molecule has 2 aromatic rings. The number of ketones is 2. The summed E-state index contributed by atoms with van der Waals surface area (Å²) in [6, 6.07) is 11.6. The summed E-state index contributed by atoms with van der Waals surface area (Å²) in [7, 11) is 2.64. The molecule has 160 valence electrons. The van der Waals surface area contributed by atoms with E-state index in [0.717, 1.165) is 9.80 Å². The van der Waals surface area contributed by atoms with Crippen LogP contribution in [0.3, 0.4) is 0 Å². The van der Waals surface area contributed by atoms with Crippen LogP contribution in [0.15, 0.2) is 48.5 Å². The summed E-state index contributed by atoms with van der Waals surface area (Å²) in [6.07, 6.45) is -0.322. The van der Waals surface area contributed by atoms with Gasteiger partial charge < -0.3 is 0 Å². The zero-order valence-electron chi connectivity index (χ0n) is 16.8. The van der Waals surface area contributed by atoms with Crippen molar-refractivity contribution in [3.05, 3.63) is 69.7 Å². The molecule has 0 aromatic heterocycles. The Hall–Kier alpha value is -3.03. The molecule has 1 aliphatic rings. The minimum absolute atomic E-state index is 0.251. The zero-order valence-corrected chi connectivity index (χ0v) is 18.3. The second kappa shape index (κ2) is 8.99. The van der Waals surface area contributed by atoms with Crippen LogP contribution in [0, 0.1) is 17.2 Å². The fourth-order valence-electron chi connectivity index (χ4n) is 3.46. The number of urea groups is 1. The highest BCUT2D eigenvalue weighted by Gasteiger charge is 2.47. The van der Waals surface area contributed by atoms with Crippen molar-refractivity contribution in [1.29, 1.82) is 5.41 Å². The van der Waals surface area contributed by atoms with E-state index in [9.17, 15) is 19.2 Å². The molecule has 1 aliphatic heterocycles. The number of Topliss-reactive ketones (excluding diaryl/α,β-unsaturated/α-hetero) is 2. The van der Waals surface area contributed by atoms with Crippen LogP contribution < -0.4 is 0 Å². The quantitative estimate of drug-likeness (QED) is 0.654. The maximum atomic E-state index is 13.4. The number of rotatable bonds is 6. The van der Waals surface area contributed by atoms with E-state index in [-0.39, 0.29) is 23.6 Å². The molecule has 0 bridgehead atoms. The Labute approximate surface area is 189 Å². The molecule has 1 heterocycles. The van der Waals surface area contributed by atoms with Crippen molar-refractivity contribution in [2.75, 3.05) is 14.1 Å². The average molecular weight is 460 g/mol. The van der Waals surface area contributed by atoms with E-state index in [1.54, 1.807) is 12.1 Å². The van der Waals surface area contributed by atoms with Crippen LogP contribution in [0.4, 0.5) is 4.79 Å². The normalized spacial score (nSPS) is 17.7. The van der Waals surface area contributed by atoms with Gasteiger partial charge in [0.1, 0.15) is 11.8 Å². The summed E-state index contributed by atoms with van der Waals surface area (Å²) in [5, 5.41) is 9.24. The molecule has 0 aliphatic carbocycles. The zero-order chi connectivity index (χ0) is 22.9. The average Bonchev–Trinajstić information content (AvgIpc) is 2.76. The van der Waals surface area contributed by atoms with E-state index in [1.165, 1.54) is 50.5 Å². The SMILES string of the molecule is CN1C(=N)C(C(CC(=O)c2ccc(Cl)cc2)C(=O)c2ccc(Cl)cc2)C(=O)N(C)C1=O. The van der Waals surface area contributed by atoms with Crippen LogP contribution in [0.2, 0.25) is 10.0 Å². The molecule has 0 radical (unpaired) electrons. The van der Waals surface area contributed by atoms with Gasteiger partial charge in [0.05, 0.1) is 0 Å². The Balaban J connectivity index is 2.02. The van der Waals surface area contributed by atoms with Gasteiger partial charge in [0.15, 0.2) is 11.6 Å². The molecular formula is C22H19Cl2N3O4. The van der Waals surface area contributed by atoms with Gasteiger partial charge in [0.25, 0.3) is 0 Å². The molecule has 31 heavy (non-hydrogen) atoms. The molecule has 1 fully saturated rings. The van der Waals surface area contributed by atoms with Crippen molar-refractivity contribution in [3.8, 4) is 0 Å². The number of nitrogens with one attached hydrogen (secondary N) is 1. The summed E-state index contributed by atoms with van der Waals surface area (Å²) in [5.74, 6) is -4.37. The van der Waals surface area contributed by atoms with Gasteiger partial charge >= 0.3 is 6.03 Å².